The third-order valence-corrected chi connectivity index (χ3v) is 5.00. The van der Waals surface area contributed by atoms with Crippen molar-refractivity contribution in [2.24, 2.45) is 5.41 Å². The molecule has 4 heteroatoms. The van der Waals surface area contributed by atoms with Gasteiger partial charge in [0, 0.05) is 18.7 Å². The van der Waals surface area contributed by atoms with Crippen LogP contribution in [-0.2, 0) is 11.3 Å². The largest absolute Gasteiger partial charge is 0.356 e. The molecule has 1 aromatic rings. The van der Waals surface area contributed by atoms with Crippen LogP contribution in [0.4, 0.5) is 4.39 Å². The number of hydrogen-bond donors (Lipinski definition) is 1. The predicted octanol–water partition coefficient (Wildman–Crippen LogP) is 2.63. The van der Waals surface area contributed by atoms with Crippen molar-refractivity contribution in [2.45, 2.75) is 39.2 Å². The highest BCUT2D eigenvalue weighted by atomic mass is 19.1. The van der Waals surface area contributed by atoms with E-state index in [0.717, 1.165) is 56.4 Å². The Hall–Kier alpha value is -1.42. The lowest BCUT2D eigenvalue weighted by molar-refractivity contribution is -0.128. The lowest BCUT2D eigenvalue weighted by atomic mass is 9.79. The molecule has 0 saturated carbocycles. The third kappa shape index (κ3) is 2.95. The van der Waals surface area contributed by atoms with Gasteiger partial charge in [-0.15, -0.1) is 0 Å². The van der Waals surface area contributed by atoms with Gasteiger partial charge in [-0.3, -0.25) is 9.69 Å². The molecule has 0 radical (unpaired) electrons. The smallest absolute Gasteiger partial charge is 0.226 e. The number of carbonyl (C=O) groups is 1. The van der Waals surface area contributed by atoms with Crippen LogP contribution in [0.25, 0.3) is 0 Å². The predicted molar refractivity (Wildman–Crippen MR) is 80.3 cm³/mol. The number of halogens is 1. The second-order valence-electron chi connectivity index (χ2n) is 6.51. The van der Waals surface area contributed by atoms with Crippen molar-refractivity contribution in [2.75, 3.05) is 19.6 Å². The molecule has 2 heterocycles. The lowest BCUT2D eigenvalue weighted by Crippen LogP contribution is -2.32. The molecule has 3 nitrogen and oxygen atoms in total. The van der Waals surface area contributed by atoms with Crippen molar-refractivity contribution in [1.29, 1.82) is 0 Å². The molecule has 2 fully saturated rings. The summed E-state index contributed by atoms with van der Waals surface area (Å²) in [5, 5.41) is 2.97. The van der Waals surface area contributed by atoms with E-state index < -0.39 is 0 Å². The van der Waals surface area contributed by atoms with Crippen LogP contribution in [0.2, 0.25) is 0 Å². The van der Waals surface area contributed by atoms with Gasteiger partial charge in [-0.1, -0.05) is 17.7 Å². The van der Waals surface area contributed by atoms with Gasteiger partial charge < -0.3 is 5.32 Å². The molecule has 114 valence electrons. The number of benzene rings is 1. The Morgan fingerprint density at radius 3 is 2.90 bits per heavy atom. The van der Waals surface area contributed by atoms with E-state index in [1.807, 2.05) is 13.0 Å². The molecule has 21 heavy (non-hydrogen) atoms. The van der Waals surface area contributed by atoms with Crippen LogP contribution in [0.5, 0.6) is 0 Å². The van der Waals surface area contributed by atoms with E-state index in [9.17, 15) is 9.18 Å². The summed E-state index contributed by atoms with van der Waals surface area (Å²) in [7, 11) is 0. The van der Waals surface area contributed by atoms with Gasteiger partial charge in [0.25, 0.3) is 0 Å². The second kappa shape index (κ2) is 5.76. The van der Waals surface area contributed by atoms with E-state index in [1.54, 1.807) is 12.1 Å². The van der Waals surface area contributed by atoms with E-state index in [2.05, 4.69) is 10.2 Å². The summed E-state index contributed by atoms with van der Waals surface area (Å²) in [5.74, 6) is 0.101. The van der Waals surface area contributed by atoms with Gasteiger partial charge in [-0.25, -0.2) is 4.39 Å². The zero-order valence-electron chi connectivity index (χ0n) is 12.6. The topological polar surface area (TPSA) is 32.3 Å². The molecular formula is C17H23FN2O. The first kappa shape index (κ1) is 14.5. The fourth-order valence-electron chi connectivity index (χ4n) is 3.67. The Labute approximate surface area is 125 Å². The van der Waals surface area contributed by atoms with Crippen molar-refractivity contribution < 1.29 is 9.18 Å². The number of likely N-dealkylation sites (tertiary alicyclic amines) is 1. The molecule has 2 aliphatic heterocycles. The van der Waals surface area contributed by atoms with Crippen LogP contribution in [-0.4, -0.2) is 30.4 Å². The van der Waals surface area contributed by atoms with Gasteiger partial charge in [0.05, 0.1) is 5.41 Å². The number of rotatable bonds is 2. The Kier molecular flexibility index (Phi) is 3.98. The minimum Gasteiger partial charge on any atom is -0.356 e. The maximum Gasteiger partial charge on any atom is 0.226 e. The van der Waals surface area contributed by atoms with Crippen LogP contribution in [0.15, 0.2) is 18.2 Å². The number of amides is 1. The van der Waals surface area contributed by atoms with Crippen molar-refractivity contribution in [1.82, 2.24) is 10.2 Å². The SMILES string of the molecule is Cc1ccc(F)c(CN2CCCC3(CCNC3=O)CC2)c1. The molecule has 1 spiro atoms. The first-order chi connectivity index (χ1) is 10.1. The molecule has 1 amide bonds. The van der Waals surface area contributed by atoms with Gasteiger partial charge in [0.2, 0.25) is 5.91 Å². The lowest BCUT2D eigenvalue weighted by Gasteiger charge is -2.24. The summed E-state index contributed by atoms with van der Waals surface area (Å²) in [4.78, 5) is 14.4. The van der Waals surface area contributed by atoms with Crippen molar-refractivity contribution >= 4 is 5.91 Å². The average molecular weight is 290 g/mol. The zero-order valence-corrected chi connectivity index (χ0v) is 12.6. The van der Waals surface area contributed by atoms with E-state index >= 15 is 0 Å². The van der Waals surface area contributed by atoms with E-state index in [-0.39, 0.29) is 17.1 Å². The first-order valence-electron chi connectivity index (χ1n) is 7.85. The van der Waals surface area contributed by atoms with Gasteiger partial charge in [0.15, 0.2) is 0 Å². The van der Waals surface area contributed by atoms with Gasteiger partial charge in [-0.2, -0.15) is 0 Å². The summed E-state index contributed by atoms with van der Waals surface area (Å²) >= 11 is 0. The summed E-state index contributed by atoms with van der Waals surface area (Å²) in [6.07, 6.45) is 3.83. The molecule has 1 unspecified atom stereocenters. The van der Waals surface area contributed by atoms with E-state index in [4.69, 9.17) is 0 Å². The Balaban J connectivity index is 1.68. The monoisotopic (exact) mass is 290 g/mol. The van der Waals surface area contributed by atoms with Crippen LogP contribution >= 0.6 is 0 Å². The van der Waals surface area contributed by atoms with Crippen LogP contribution in [0.1, 0.15) is 36.8 Å². The Morgan fingerprint density at radius 2 is 2.14 bits per heavy atom. The summed E-state index contributed by atoms with van der Waals surface area (Å²) in [5.41, 5.74) is 1.70. The Bertz CT molecular complexity index is 546. The highest BCUT2D eigenvalue weighted by Crippen LogP contribution is 2.38. The minimum atomic E-state index is -0.153. The standard InChI is InChI=1S/C17H23FN2O/c1-13-3-4-15(18)14(11-13)12-20-9-2-5-17(7-10-20)6-8-19-16(17)21/h3-4,11H,2,5-10,12H2,1H3,(H,19,21). The third-order valence-electron chi connectivity index (χ3n) is 5.00. The van der Waals surface area contributed by atoms with Crippen LogP contribution in [0.3, 0.4) is 0 Å². The van der Waals surface area contributed by atoms with Gasteiger partial charge in [-0.05, 0) is 51.8 Å². The molecule has 1 aromatic carbocycles. The van der Waals surface area contributed by atoms with Gasteiger partial charge in [0.1, 0.15) is 5.82 Å². The summed E-state index contributed by atoms with van der Waals surface area (Å²) in [6, 6.07) is 5.28. The molecule has 0 aliphatic carbocycles. The normalized spacial score (nSPS) is 26.9. The quantitative estimate of drug-likeness (QED) is 0.908. The van der Waals surface area contributed by atoms with Crippen molar-refractivity contribution in [3.63, 3.8) is 0 Å². The molecule has 1 atom stereocenters. The highest BCUT2D eigenvalue weighted by Gasteiger charge is 2.42. The number of hydrogen-bond acceptors (Lipinski definition) is 2. The maximum atomic E-state index is 13.9. The average Bonchev–Trinajstić information content (AvgIpc) is 2.69. The fraction of sp³-hybridized carbons (Fsp3) is 0.588. The zero-order chi connectivity index (χ0) is 14.9. The summed E-state index contributed by atoms with van der Waals surface area (Å²) in [6.45, 7) is 5.27. The molecule has 3 rings (SSSR count). The molecule has 0 bridgehead atoms. The number of nitrogens with one attached hydrogen (secondary N) is 1. The number of aryl methyl sites for hydroxylation is 1. The van der Waals surface area contributed by atoms with Crippen LogP contribution < -0.4 is 5.32 Å². The number of carbonyl (C=O) groups excluding carboxylic acids is 1. The van der Waals surface area contributed by atoms with Crippen LogP contribution in [0, 0.1) is 18.2 Å². The molecular weight excluding hydrogens is 267 g/mol. The highest BCUT2D eigenvalue weighted by molar-refractivity contribution is 5.84. The summed E-state index contributed by atoms with van der Waals surface area (Å²) < 4.78 is 13.9. The first-order valence-corrected chi connectivity index (χ1v) is 7.85. The maximum absolute atomic E-state index is 13.9. The fourth-order valence-corrected chi connectivity index (χ4v) is 3.67. The van der Waals surface area contributed by atoms with Gasteiger partial charge >= 0.3 is 0 Å². The van der Waals surface area contributed by atoms with Crippen molar-refractivity contribution in [3.05, 3.63) is 35.1 Å². The van der Waals surface area contributed by atoms with Crippen molar-refractivity contribution in [3.8, 4) is 0 Å². The minimum absolute atomic E-state index is 0.127. The number of nitrogens with zero attached hydrogens (tertiary/aromatic N) is 1. The molecule has 2 saturated heterocycles. The van der Waals surface area contributed by atoms with E-state index in [1.165, 1.54) is 0 Å². The molecule has 1 N–H and O–H groups in total. The Morgan fingerprint density at radius 1 is 1.29 bits per heavy atom. The second-order valence-corrected chi connectivity index (χ2v) is 6.51. The molecule has 0 aromatic heterocycles. The molecule has 2 aliphatic rings. The van der Waals surface area contributed by atoms with E-state index in [0.29, 0.717) is 6.54 Å².